The number of alkyl halides is 1. The van der Waals surface area contributed by atoms with Crippen LogP contribution in [0.2, 0.25) is 0 Å². The molecule has 0 aromatic carbocycles. The lowest BCUT2D eigenvalue weighted by Crippen LogP contribution is -2.43. The van der Waals surface area contributed by atoms with Crippen LogP contribution >= 0.6 is 23.1 Å². The van der Waals surface area contributed by atoms with Gasteiger partial charge in [-0.1, -0.05) is 24.8 Å². The number of hydrogen-bond acceptors (Lipinski definition) is 6. The molecule has 2 fully saturated rings. The minimum atomic E-state index is -0.653. The van der Waals surface area contributed by atoms with E-state index in [2.05, 4.69) is 42.8 Å². The first-order chi connectivity index (χ1) is 14.1. The van der Waals surface area contributed by atoms with Crippen LogP contribution in [-0.2, 0) is 12.2 Å². The normalized spacial score (nSPS) is 23.4. The molecule has 2 aliphatic rings. The van der Waals surface area contributed by atoms with Gasteiger partial charge in [-0.15, -0.1) is 17.9 Å². The molecule has 0 saturated carbocycles. The Hall–Kier alpha value is -1.60. The van der Waals surface area contributed by atoms with Gasteiger partial charge in [0.2, 0.25) is 0 Å². The van der Waals surface area contributed by atoms with Gasteiger partial charge < -0.3 is 10.2 Å². The van der Waals surface area contributed by atoms with Gasteiger partial charge in [-0.25, -0.2) is 14.4 Å². The number of halogens is 1. The summed E-state index contributed by atoms with van der Waals surface area (Å²) in [5.74, 6) is 1.64. The van der Waals surface area contributed by atoms with Crippen LogP contribution in [0.5, 0.6) is 0 Å². The number of nitrogens with zero attached hydrogens (tertiary/aromatic N) is 3. The maximum atomic E-state index is 14.0. The number of aromatic nitrogens is 2. The molecule has 2 unspecified atom stereocenters. The lowest BCUT2D eigenvalue weighted by Gasteiger charge is -2.38. The molecule has 2 aromatic heterocycles. The largest absolute Gasteiger partial charge is 0.367 e. The highest BCUT2D eigenvalue weighted by molar-refractivity contribution is 8.00. The molecule has 1 N–H and O–H groups in total. The van der Waals surface area contributed by atoms with Crippen molar-refractivity contribution in [2.45, 2.75) is 74.3 Å². The first kappa shape index (κ1) is 20.7. The molecule has 0 spiro atoms. The average Bonchev–Trinajstić information content (AvgIpc) is 3.21. The highest BCUT2D eigenvalue weighted by atomic mass is 32.2. The number of rotatable bonds is 8. The summed E-state index contributed by atoms with van der Waals surface area (Å²) in [5, 5.41) is 3.34. The molecule has 0 radical (unpaired) electrons. The van der Waals surface area contributed by atoms with Gasteiger partial charge in [0.05, 0.1) is 11.4 Å². The van der Waals surface area contributed by atoms with Crippen molar-refractivity contribution in [1.82, 2.24) is 9.97 Å². The van der Waals surface area contributed by atoms with Crippen molar-refractivity contribution in [2.75, 3.05) is 16.8 Å². The summed E-state index contributed by atoms with van der Waals surface area (Å²) >= 11 is 3.53. The fourth-order valence-corrected chi connectivity index (χ4v) is 6.59. The predicted octanol–water partition coefficient (Wildman–Crippen LogP) is 5.77. The van der Waals surface area contributed by atoms with Crippen molar-refractivity contribution >= 4 is 34.6 Å². The minimum absolute atomic E-state index is 0.313. The van der Waals surface area contributed by atoms with E-state index < -0.39 is 6.17 Å². The zero-order chi connectivity index (χ0) is 20.4. The van der Waals surface area contributed by atoms with E-state index in [0.29, 0.717) is 31.5 Å². The summed E-state index contributed by atoms with van der Waals surface area (Å²) in [6.45, 7) is 8.72. The SMILES string of the molecule is C=CCNc1cc(N2C3CCC2CC(F)C3)cc(CSc2nc(C)c(CC)s2)n1. The maximum absolute atomic E-state index is 14.0. The molecule has 7 heteroatoms. The monoisotopic (exact) mass is 432 g/mol. The van der Waals surface area contributed by atoms with E-state index in [1.165, 1.54) is 10.6 Å². The van der Waals surface area contributed by atoms with E-state index in [-0.39, 0.29) is 0 Å². The third-order valence-electron chi connectivity index (χ3n) is 5.80. The third-order valence-corrected chi connectivity index (χ3v) is 8.28. The molecule has 2 atom stereocenters. The summed E-state index contributed by atoms with van der Waals surface area (Å²) in [6.07, 6.45) is 5.69. The van der Waals surface area contributed by atoms with E-state index in [1.807, 2.05) is 6.08 Å². The third kappa shape index (κ3) is 4.61. The Morgan fingerprint density at radius 2 is 2.07 bits per heavy atom. The highest BCUT2D eigenvalue weighted by Crippen LogP contribution is 2.41. The van der Waals surface area contributed by atoms with Gasteiger partial charge in [-0.05, 0) is 45.1 Å². The molecule has 4 rings (SSSR count). The van der Waals surface area contributed by atoms with Crippen molar-refractivity contribution < 1.29 is 4.39 Å². The quantitative estimate of drug-likeness (QED) is 0.424. The number of nitrogens with one attached hydrogen (secondary N) is 1. The first-order valence-electron chi connectivity index (χ1n) is 10.4. The van der Waals surface area contributed by atoms with E-state index in [0.717, 1.165) is 46.6 Å². The molecule has 2 aromatic rings. The summed E-state index contributed by atoms with van der Waals surface area (Å²) < 4.78 is 15.1. The van der Waals surface area contributed by atoms with Crippen molar-refractivity contribution in [2.24, 2.45) is 0 Å². The number of pyridine rings is 1. The first-order valence-corrected chi connectivity index (χ1v) is 12.2. The second-order valence-corrected chi connectivity index (χ2v) is 10.2. The molecule has 29 heavy (non-hydrogen) atoms. The van der Waals surface area contributed by atoms with Gasteiger partial charge in [0, 0.05) is 41.0 Å². The van der Waals surface area contributed by atoms with Gasteiger partial charge in [-0.2, -0.15) is 0 Å². The summed E-state index contributed by atoms with van der Waals surface area (Å²) in [5.41, 5.74) is 3.35. The van der Waals surface area contributed by atoms with Crippen LogP contribution in [0.15, 0.2) is 29.1 Å². The average molecular weight is 433 g/mol. The second-order valence-electron chi connectivity index (χ2n) is 7.86. The number of fused-ring (bicyclic) bond motifs is 2. The van der Waals surface area contributed by atoms with Crippen molar-refractivity contribution in [3.05, 3.63) is 41.1 Å². The molecule has 0 aliphatic carbocycles. The van der Waals surface area contributed by atoms with Gasteiger partial charge in [0.15, 0.2) is 4.34 Å². The Balaban J connectivity index is 1.56. The number of hydrogen-bond donors (Lipinski definition) is 1. The molecule has 4 heterocycles. The number of thiazole rings is 1. The van der Waals surface area contributed by atoms with Crippen LogP contribution in [0.1, 0.15) is 48.9 Å². The lowest BCUT2D eigenvalue weighted by molar-refractivity contribution is 0.242. The molecule has 4 nitrogen and oxygen atoms in total. The molecule has 156 valence electrons. The number of thioether (sulfide) groups is 1. The summed E-state index contributed by atoms with van der Waals surface area (Å²) in [4.78, 5) is 13.3. The fourth-order valence-electron chi connectivity index (χ4n) is 4.52. The Morgan fingerprint density at radius 3 is 2.72 bits per heavy atom. The number of anilines is 2. The maximum Gasteiger partial charge on any atom is 0.150 e. The minimum Gasteiger partial charge on any atom is -0.367 e. The molecule has 0 amide bonds. The number of aryl methyl sites for hydroxylation is 2. The van der Waals surface area contributed by atoms with Crippen molar-refractivity contribution in [1.29, 1.82) is 0 Å². The van der Waals surface area contributed by atoms with Gasteiger partial charge in [0.1, 0.15) is 12.0 Å². The fraction of sp³-hybridized carbons (Fsp3) is 0.545. The Morgan fingerprint density at radius 1 is 1.31 bits per heavy atom. The van der Waals surface area contributed by atoms with E-state index in [9.17, 15) is 4.39 Å². The standard InChI is InChI=1S/C22H29FN4S2/c1-4-8-24-21-12-19(27-17-6-7-18(27)10-15(23)9-17)11-16(26-21)13-28-22-25-14(3)20(5-2)29-22/h4,11-12,15,17-18H,1,5-10,13H2,2-3H3,(H,24,26). The Bertz CT molecular complexity index is 854. The topological polar surface area (TPSA) is 41.0 Å². The molecule has 2 bridgehead atoms. The predicted molar refractivity (Wildman–Crippen MR) is 122 cm³/mol. The van der Waals surface area contributed by atoms with Crippen LogP contribution in [0.25, 0.3) is 0 Å². The zero-order valence-corrected chi connectivity index (χ0v) is 18.8. The molecule has 2 saturated heterocycles. The zero-order valence-electron chi connectivity index (χ0n) is 17.2. The van der Waals surface area contributed by atoms with E-state index in [1.54, 1.807) is 23.1 Å². The van der Waals surface area contributed by atoms with Gasteiger partial charge >= 0.3 is 0 Å². The van der Waals surface area contributed by atoms with Gasteiger partial charge in [-0.3, -0.25) is 0 Å². The van der Waals surface area contributed by atoms with E-state index in [4.69, 9.17) is 9.97 Å². The van der Waals surface area contributed by atoms with Crippen LogP contribution in [-0.4, -0.2) is 34.8 Å². The van der Waals surface area contributed by atoms with E-state index >= 15 is 0 Å². The summed E-state index contributed by atoms with van der Waals surface area (Å²) in [6, 6.07) is 4.93. The molecular weight excluding hydrogens is 403 g/mol. The van der Waals surface area contributed by atoms with Gasteiger partial charge in [0.25, 0.3) is 0 Å². The second kappa shape index (κ2) is 9.04. The van der Waals surface area contributed by atoms with Crippen molar-refractivity contribution in [3.8, 4) is 0 Å². The van der Waals surface area contributed by atoms with Crippen LogP contribution in [0, 0.1) is 6.92 Å². The highest BCUT2D eigenvalue weighted by Gasteiger charge is 2.41. The Labute approximate surface area is 181 Å². The molecular formula is C22H29FN4S2. The Kier molecular flexibility index (Phi) is 6.44. The smallest absolute Gasteiger partial charge is 0.150 e. The van der Waals surface area contributed by atoms with Crippen LogP contribution in [0.4, 0.5) is 15.9 Å². The number of piperidine rings is 1. The van der Waals surface area contributed by atoms with Crippen LogP contribution in [0.3, 0.4) is 0 Å². The summed E-state index contributed by atoms with van der Waals surface area (Å²) in [7, 11) is 0. The van der Waals surface area contributed by atoms with Crippen LogP contribution < -0.4 is 10.2 Å². The molecule has 2 aliphatic heterocycles. The van der Waals surface area contributed by atoms with Crippen molar-refractivity contribution in [3.63, 3.8) is 0 Å². The lowest BCUT2D eigenvalue weighted by atomic mass is 10.00.